The Morgan fingerprint density at radius 2 is 1.92 bits per heavy atom. The highest BCUT2D eigenvalue weighted by atomic mass is 19.1. The Labute approximate surface area is 150 Å². The Morgan fingerprint density at radius 3 is 2.62 bits per heavy atom. The number of alkyl halides is 1. The molecule has 3 aromatic rings. The number of nitrogens with zero attached hydrogens (tertiary/aromatic N) is 4. The highest BCUT2D eigenvalue weighted by Crippen LogP contribution is 2.22. The Morgan fingerprint density at radius 1 is 1.19 bits per heavy atom. The average Bonchev–Trinajstić information content (AvgIpc) is 3.11. The minimum Gasteiger partial charge on any atom is -0.338 e. The summed E-state index contributed by atoms with van der Waals surface area (Å²) in [4.78, 5) is 18.8. The zero-order chi connectivity index (χ0) is 18.1. The molecule has 1 saturated heterocycles. The monoisotopic (exact) mass is 348 g/mol. The third-order valence-corrected chi connectivity index (χ3v) is 4.76. The van der Waals surface area contributed by atoms with Crippen LogP contribution < -0.4 is 0 Å². The summed E-state index contributed by atoms with van der Waals surface area (Å²) in [6.45, 7) is 0.897. The van der Waals surface area contributed by atoms with E-state index in [1.165, 1.54) is 0 Å². The molecule has 4 rings (SSSR count). The fraction of sp³-hybridized carbons (Fsp3) is 0.250. The molecule has 26 heavy (non-hydrogen) atoms. The van der Waals surface area contributed by atoms with Crippen molar-refractivity contribution in [2.45, 2.75) is 19.0 Å². The Kier molecular flexibility index (Phi) is 4.13. The van der Waals surface area contributed by atoms with Gasteiger partial charge in [0, 0.05) is 36.6 Å². The van der Waals surface area contributed by atoms with Crippen molar-refractivity contribution in [3.05, 3.63) is 59.9 Å². The van der Waals surface area contributed by atoms with Gasteiger partial charge in [-0.15, -0.1) is 0 Å². The van der Waals surface area contributed by atoms with E-state index in [9.17, 15) is 9.18 Å². The number of benzene rings is 1. The molecule has 5 nitrogen and oxygen atoms in total. The van der Waals surface area contributed by atoms with Crippen LogP contribution in [0.3, 0.4) is 0 Å². The summed E-state index contributed by atoms with van der Waals surface area (Å²) in [6, 6.07) is 13.1. The summed E-state index contributed by atoms with van der Waals surface area (Å²) >= 11 is 0. The Balaban J connectivity index is 1.63. The van der Waals surface area contributed by atoms with Gasteiger partial charge in [-0.25, -0.2) is 9.37 Å². The van der Waals surface area contributed by atoms with Crippen molar-refractivity contribution in [3.63, 3.8) is 0 Å². The standard InChI is InChI=1S/C20H17FN4O/c21-17-6-8-24(9-7-17)20(26)16-11-15-5-10-25(19(15)23-13-16)18-3-1-14(12-22)2-4-18/h1-5,10-11,13,17H,6-9H2. The van der Waals surface area contributed by atoms with E-state index in [1.807, 2.05) is 35.0 Å². The van der Waals surface area contributed by atoms with Crippen LogP contribution in [0, 0.1) is 11.3 Å². The smallest absolute Gasteiger partial charge is 0.255 e. The SMILES string of the molecule is N#Cc1ccc(-n2ccc3cc(C(=O)N4CCC(F)CC4)cnc32)cc1. The molecule has 1 fully saturated rings. The molecule has 0 bridgehead atoms. The van der Waals surface area contributed by atoms with Gasteiger partial charge < -0.3 is 9.47 Å². The number of pyridine rings is 1. The van der Waals surface area contributed by atoms with E-state index in [4.69, 9.17) is 5.26 Å². The van der Waals surface area contributed by atoms with E-state index in [1.54, 1.807) is 23.2 Å². The zero-order valence-corrected chi connectivity index (χ0v) is 14.1. The third kappa shape index (κ3) is 2.93. The first-order chi connectivity index (χ1) is 12.7. The highest BCUT2D eigenvalue weighted by molar-refractivity contribution is 5.97. The summed E-state index contributed by atoms with van der Waals surface area (Å²) in [7, 11) is 0. The van der Waals surface area contributed by atoms with Crippen molar-refractivity contribution >= 4 is 16.9 Å². The molecule has 6 heteroatoms. The van der Waals surface area contributed by atoms with Gasteiger partial charge in [-0.05, 0) is 49.2 Å². The van der Waals surface area contributed by atoms with Crippen molar-refractivity contribution in [2.24, 2.45) is 0 Å². The fourth-order valence-electron chi connectivity index (χ4n) is 3.28. The topological polar surface area (TPSA) is 61.9 Å². The number of nitriles is 1. The van der Waals surface area contributed by atoms with Crippen LogP contribution in [0.15, 0.2) is 48.8 Å². The van der Waals surface area contributed by atoms with Crippen LogP contribution >= 0.6 is 0 Å². The molecule has 2 aromatic heterocycles. The van der Waals surface area contributed by atoms with Crippen molar-refractivity contribution in [1.29, 1.82) is 5.26 Å². The lowest BCUT2D eigenvalue weighted by Gasteiger charge is -2.28. The van der Waals surface area contributed by atoms with Crippen molar-refractivity contribution in [1.82, 2.24) is 14.5 Å². The van der Waals surface area contributed by atoms with E-state index >= 15 is 0 Å². The van der Waals surface area contributed by atoms with Gasteiger partial charge in [0.2, 0.25) is 0 Å². The first kappa shape index (κ1) is 16.3. The third-order valence-electron chi connectivity index (χ3n) is 4.76. The lowest BCUT2D eigenvalue weighted by Crippen LogP contribution is -2.39. The molecule has 0 unspecified atom stereocenters. The number of aromatic nitrogens is 2. The number of amides is 1. The number of hydrogen-bond acceptors (Lipinski definition) is 3. The molecule has 1 aliphatic rings. The van der Waals surface area contributed by atoms with Crippen LogP contribution in [0.25, 0.3) is 16.7 Å². The van der Waals surface area contributed by atoms with Crippen LogP contribution in [0.2, 0.25) is 0 Å². The van der Waals surface area contributed by atoms with Crippen LogP contribution in [0.4, 0.5) is 4.39 Å². The van der Waals surface area contributed by atoms with Gasteiger partial charge in [-0.2, -0.15) is 5.26 Å². The van der Waals surface area contributed by atoms with Gasteiger partial charge in [-0.1, -0.05) is 0 Å². The highest BCUT2D eigenvalue weighted by Gasteiger charge is 2.23. The van der Waals surface area contributed by atoms with E-state index in [0.717, 1.165) is 16.7 Å². The number of carbonyl (C=O) groups is 1. The van der Waals surface area contributed by atoms with E-state index in [2.05, 4.69) is 11.1 Å². The maximum absolute atomic E-state index is 13.3. The lowest BCUT2D eigenvalue weighted by molar-refractivity contribution is 0.0667. The molecule has 0 aliphatic carbocycles. The number of hydrogen-bond donors (Lipinski definition) is 0. The molecule has 0 N–H and O–H groups in total. The molecule has 0 atom stereocenters. The molecular formula is C20H17FN4O. The molecule has 0 radical (unpaired) electrons. The van der Waals surface area contributed by atoms with Crippen LogP contribution in [0.1, 0.15) is 28.8 Å². The first-order valence-corrected chi connectivity index (χ1v) is 8.57. The molecule has 1 aromatic carbocycles. The van der Waals surface area contributed by atoms with Gasteiger partial charge in [0.15, 0.2) is 0 Å². The molecular weight excluding hydrogens is 331 g/mol. The Bertz CT molecular complexity index is 995. The van der Waals surface area contributed by atoms with Gasteiger partial charge in [0.25, 0.3) is 5.91 Å². The number of likely N-dealkylation sites (tertiary alicyclic amines) is 1. The maximum Gasteiger partial charge on any atom is 0.255 e. The van der Waals surface area contributed by atoms with Gasteiger partial charge in [0.1, 0.15) is 11.8 Å². The number of carbonyl (C=O) groups excluding carboxylic acids is 1. The van der Waals surface area contributed by atoms with Crippen molar-refractivity contribution < 1.29 is 9.18 Å². The largest absolute Gasteiger partial charge is 0.338 e. The number of rotatable bonds is 2. The van der Waals surface area contributed by atoms with Crippen LogP contribution in [0.5, 0.6) is 0 Å². The summed E-state index contributed by atoms with van der Waals surface area (Å²) in [6.07, 6.45) is 3.46. The molecule has 0 spiro atoms. The summed E-state index contributed by atoms with van der Waals surface area (Å²) in [5.74, 6) is -0.0996. The van der Waals surface area contributed by atoms with Crippen molar-refractivity contribution in [3.8, 4) is 11.8 Å². The summed E-state index contributed by atoms with van der Waals surface area (Å²) < 4.78 is 15.2. The second-order valence-electron chi connectivity index (χ2n) is 6.45. The zero-order valence-electron chi connectivity index (χ0n) is 14.1. The first-order valence-electron chi connectivity index (χ1n) is 8.57. The lowest BCUT2D eigenvalue weighted by atomic mass is 10.1. The van der Waals surface area contributed by atoms with Crippen LogP contribution in [-0.2, 0) is 0 Å². The van der Waals surface area contributed by atoms with E-state index < -0.39 is 6.17 Å². The normalized spacial score (nSPS) is 15.2. The predicted octanol–water partition coefficient (Wildman–Crippen LogP) is 3.47. The summed E-state index contributed by atoms with van der Waals surface area (Å²) in [5.41, 5.74) is 2.76. The van der Waals surface area contributed by atoms with Gasteiger partial charge in [0.05, 0.1) is 17.2 Å². The maximum atomic E-state index is 13.3. The predicted molar refractivity (Wildman–Crippen MR) is 95.8 cm³/mol. The van der Waals surface area contributed by atoms with E-state index in [-0.39, 0.29) is 5.91 Å². The van der Waals surface area contributed by atoms with E-state index in [0.29, 0.717) is 37.1 Å². The molecule has 3 heterocycles. The molecule has 1 aliphatic heterocycles. The molecule has 130 valence electrons. The second kappa shape index (κ2) is 6.60. The van der Waals surface area contributed by atoms with Gasteiger partial charge >= 0.3 is 0 Å². The minimum atomic E-state index is -0.805. The quantitative estimate of drug-likeness (QED) is 0.712. The average molecular weight is 348 g/mol. The minimum absolute atomic E-state index is 0.0996. The molecule has 0 saturated carbocycles. The molecule has 1 amide bonds. The van der Waals surface area contributed by atoms with Crippen LogP contribution in [-0.4, -0.2) is 39.6 Å². The van der Waals surface area contributed by atoms with Crippen molar-refractivity contribution in [2.75, 3.05) is 13.1 Å². The number of piperidine rings is 1. The summed E-state index contributed by atoms with van der Waals surface area (Å²) in [5, 5.41) is 9.77. The number of fused-ring (bicyclic) bond motifs is 1. The Hall–Kier alpha value is -3.20. The second-order valence-corrected chi connectivity index (χ2v) is 6.45. The fourth-order valence-corrected chi connectivity index (χ4v) is 3.28. The number of halogens is 1. The van der Waals surface area contributed by atoms with Gasteiger partial charge in [-0.3, -0.25) is 4.79 Å².